The van der Waals surface area contributed by atoms with E-state index in [-0.39, 0.29) is 12.4 Å². The Morgan fingerprint density at radius 1 is 1.26 bits per heavy atom. The molecule has 1 aromatic heterocycles. The number of nitrogens with zero attached hydrogens (tertiary/aromatic N) is 3. The Morgan fingerprint density at radius 2 is 2.13 bits per heavy atom. The molecule has 0 aliphatic carbocycles. The van der Waals surface area contributed by atoms with Gasteiger partial charge in [-0.1, -0.05) is 17.8 Å². The summed E-state index contributed by atoms with van der Waals surface area (Å²) in [6, 6.07) is 11.6. The van der Waals surface area contributed by atoms with Gasteiger partial charge in [-0.15, -0.1) is 12.4 Å². The average Bonchev–Trinajstić information content (AvgIpc) is 2.58. The summed E-state index contributed by atoms with van der Waals surface area (Å²) < 4.78 is 5.79. The SMILES string of the molecule is CN=C1NN=C(c2ccc(Oc3ccccn3)c(C)c2)CS1.Cl. The van der Waals surface area contributed by atoms with Crippen molar-refractivity contribution in [1.82, 2.24) is 10.4 Å². The van der Waals surface area contributed by atoms with E-state index >= 15 is 0 Å². The summed E-state index contributed by atoms with van der Waals surface area (Å²) in [5.74, 6) is 2.20. The highest BCUT2D eigenvalue weighted by Crippen LogP contribution is 2.25. The van der Waals surface area contributed by atoms with Crippen molar-refractivity contribution in [3.8, 4) is 11.6 Å². The normalized spacial score (nSPS) is 15.4. The molecule has 0 amide bonds. The monoisotopic (exact) mass is 348 g/mol. The van der Waals surface area contributed by atoms with Gasteiger partial charge >= 0.3 is 0 Å². The maximum Gasteiger partial charge on any atom is 0.219 e. The van der Waals surface area contributed by atoms with E-state index in [1.54, 1.807) is 25.0 Å². The number of amidine groups is 1. The van der Waals surface area contributed by atoms with Crippen LogP contribution >= 0.6 is 24.2 Å². The molecule has 1 aromatic carbocycles. The molecule has 2 heterocycles. The molecule has 0 unspecified atom stereocenters. The first-order chi connectivity index (χ1) is 10.8. The Labute approximate surface area is 145 Å². The van der Waals surface area contributed by atoms with Crippen molar-refractivity contribution in [2.24, 2.45) is 10.1 Å². The van der Waals surface area contributed by atoms with Crippen molar-refractivity contribution in [3.63, 3.8) is 0 Å². The molecular weight excluding hydrogens is 332 g/mol. The number of nitrogens with one attached hydrogen (secondary N) is 1. The number of hydrogen-bond acceptors (Lipinski definition) is 5. The molecule has 1 aliphatic heterocycles. The number of aryl methyl sites for hydroxylation is 1. The third-order valence-electron chi connectivity index (χ3n) is 3.20. The first kappa shape index (κ1) is 17.3. The number of aromatic nitrogens is 1. The maximum absolute atomic E-state index is 5.79. The number of halogens is 1. The van der Waals surface area contributed by atoms with Gasteiger partial charge in [0.1, 0.15) is 5.75 Å². The molecule has 0 fully saturated rings. The average molecular weight is 349 g/mol. The number of benzene rings is 1. The zero-order valence-corrected chi connectivity index (χ0v) is 14.4. The van der Waals surface area contributed by atoms with Crippen LogP contribution in [0.15, 0.2) is 52.7 Å². The van der Waals surface area contributed by atoms with Crippen LogP contribution in [0.2, 0.25) is 0 Å². The van der Waals surface area contributed by atoms with Crippen LogP contribution in [-0.2, 0) is 0 Å². The Morgan fingerprint density at radius 3 is 2.74 bits per heavy atom. The van der Waals surface area contributed by atoms with Crippen LogP contribution in [-0.4, -0.2) is 28.7 Å². The number of rotatable bonds is 3. The Balaban J connectivity index is 0.00000192. The van der Waals surface area contributed by atoms with Gasteiger partial charge in [0.25, 0.3) is 0 Å². The van der Waals surface area contributed by atoms with Gasteiger partial charge in [0, 0.05) is 25.1 Å². The Kier molecular flexibility index (Phi) is 6.01. The summed E-state index contributed by atoms with van der Waals surface area (Å²) in [7, 11) is 1.75. The molecule has 1 N–H and O–H groups in total. The molecule has 120 valence electrons. The minimum atomic E-state index is 0. The lowest BCUT2D eigenvalue weighted by Gasteiger charge is -2.15. The van der Waals surface area contributed by atoms with E-state index in [0.29, 0.717) is 5.88 Å². The van der Waals surface area contributed by atoms with Crippen molar-refractivity contribution in [2.75, 3.05) is 12.8 Å². The van der Waals surface area contributed by atoms with E-state index in [1.165, 1.54) is 0 Å². The van der Waals surface area contributed by atoms with E-state index in [2.05, 4.69) is 26.6 Å². The summed E-state index contributed by atoms with van der Waals surface area (Å²) in [4.78, 5) is 8.26. The van der Waals surface area contributed by atoms with E-state index in [9.17, 15) is 0 Å². The number of hydrogen-bond donors (Lipinski definition) is 1. The standard InChI is InChI=1S/C16H16N4OS.ClH/c1-11-9-12(13-10-22-16(17-2)20-19-13)6-7-14(11)21-15-5-3-4-8-18-15;/h3-9H,10H2,1-2H3,(H,17,20);1H. The van der Waals surface area contributed by atoms with Crippen molar-refractivity contribution >= 4 is 35.0 Å². The molecule has 0 saturated carbocycles. The fourth-order valence-corrected chi connectivity index (χ4v) is 2.79. The fourth-order valence-electron chi connectivity index (χ4n) is 2.04. The minimum absolute atomic E-state index is 0. The maximum atomic E-state index is 5.79. The topological polar surface area (TPSA) is 58.9 Å². The molecule has 7 heteroatoms. The largest absolute Gasteiger partial charge is 0.439 e. The Hall–Kier alpha value is -2.05. The smallest absolute Gasteiger partial charge is 0.219 e. The second-order valence-electron chi connectivity index (χ2n) is 4.74. The zero-order valence-electron chi connectivity index (χ0n) is 12.8. The number of hydrazone groups is 1. The van der Waals surface area contributed by atoms with Gasteiger partial charge in [-0.2, -0.15) is 5.10 Å². The van der Waals surface area contributed by atoms with Crippen LogP contribution in [0, 0.1) is 6.92 Å². The Bertz CT molecular complexity index is 734. The molecule has 1 aliphatic rings. The first-order valence-corrected chi connectivity index (χ1v) is 7.87. The second kappa shape index (κ2) is 7.99. The van der Waals surface area contributed by atoms with Gasteiger partial charge in [-0.25, -0.2) is 4.98 Å². The van der Waals surface area contributed by atoms with Gasteiger partial charge in [0.2, 0.25) is 5.88 Å². The van der Waals surface area contributed by atoms with Gasteiger partial charge in [0.15, 0.2) is 5.17 Å². The molecule has 0 saturated heterocycles. The summed E-state index contributed by atoms with van der Waals surface area (Å²) in [5, 5.41) is 5.21. The molecule has 23 heavy (non-hydrogen) atoms. The molecule has 0 atom stereocenters. The lowest BCUT2D eigenvalue weighted by atomic mass is 10.1. The number of ether oxygens (including phenoxy) is 1. The molecule has 0 bridgehead atoms. The van der Waals surface area contributed by atoms with Crippen LogP contribution in [0.1, 0.15) is 11.1 Å². The quantitative estimate of drug-likeness (QED) is 0.920. The number of aliphatic imine (C=N–C) groups is 1. The summed E-state index contributed by atoms with van der Waals surface area (Å²) >= 11 is 1.65. The van der Waals surface area contributed by atoms with Gasteiger partial charge in [-0.05, 0) is 42.3 Å². The molecule has 5 nitrogen and oxygen atoms in total. The van der Waals surface area contributed by atoms with E-state index in [0.717, 1.165) is 33.5 Å². The van der Waals surface area contributed by atoms with Crippen molar-refractivity contribution < 1.29 is 4.74 Å². The number of pyridine rings is 1. The van der Waals surface area contributed by atoms with Crippen LogP contribution in [0.3, 0.4) is 0 Å². The zero-order chi connectivity index (χ0) is 15.4. The van der Waals surface area contributed by atoms with Crippen LogP contribution < -0.4 is 10.2 Å². The predicted molar refractivity (Wildman–Crippen MR) is 98.2 cm³/mol. The third-order valence-corrected chi connectivity index (χ3v) is 4.16. The van der Waals surface area contributed by atoms with Crippen molar-refractivity contribution in [3.05, 3.63) is 53.7 Å². The highest BCUT2D eigenvalue weighted by atomic mass is 35.5. The lowest BCUT2D eigenvalue weighted by molar-refractivity contribution is 0.459. The summed E-state index contributed by atoms with van der Waals surface area (Å²) in [6.45, 7) is 2.02. The number of thioether (sulfide) groups is 1. The summed E-state index contributed by atoms with van der Waals surface area (Å²) in [6.07, 6.45) is 1.71. The first-order valence-electron chi connectivity index (χ1n) is 6.88. The van der Waals surface area contributed by atoms with E-state index in [1.807, 2.05) is 37.3 Å². The van der Waals surface area contributed by atoms with Gasteiger partial charge in [-0.3, -0.25) is 10.4 Å². The summed E-state index contributed by atoms with van der Waals surface area (Å²) in [5.41, 5.74) is 6.09. The molecule has 2 aromatic rings. The fraction of sp³-hybridized carbons (Fsp3) is 0.188. The van der Waals surface area contributed by atoms with E-state index in [4.69, 9.17) is 4.74 Å². The highest BCUT2D eigenvalue weighted by molar-refractivity contribution is 8.14. The van der Waals surface area contributed by atoms with Crippen LogP contribution in [0.4, 0.5) is 0 Å². The molecule has 0 spiro atoms. The van der Waals surface area contributed by atoms with Crippen molar-refractivity contribution in [2.45, 2.75) is 6.92 Å². The molecule has 0 radical (unpaired) electrons. The minimum Gasteiger partial charge on any atom is -0.439 e. The van der Waals surface area contributed by atoms with Crippen molar-refractivity contribution in [1.29, 1.82) is 0 Å². The third kappa shape index (κ3) is 4.24. The predicted octanol–water partition coefficient (Wildman–Crippen LogP) is 3.63. The van der Waals surface area contributed by atoms with Gasteiger partial charge in [0.05, 0.1) is 5.71 Å². The van der Waals surface area contributed by atoms with Gasteiger partial charge < -0.3 is 4.74 Å². The highest BCUT2D eigenvalue weighted by Gasteiger charge is 2.13. The molecular formula is C16H17ClN4OS. The molecule has 3 rings (SSSR count). The van der Waals surface area contributed by atoms with E-state index < -0.39 is 0 Å². The van der Waals surface area contributed by atoms with Crippen LogP contribution in [0.5, 0.6) is 11.6 Å². The lowest BCUT2D eigenvalue weighted by Crippen LogP contribution is -2.25. The van der Waals surface area contributed by atoms with Crippen LogP contribution in [0.25, 0.3) is 0 Å². The second-order valence-corrected chi connectivity index (χ2v) is 5.70.